The lowest BCUT2D eigenvalue weighted by atomic mass is 10.2. The number of rotatable bonds is 2. The van der Waals surface area contributed by atoms with Crippen molar-refractivity contribution in [2.24, 2.45) is 12.8 Å². The molecule has 0 aliphatic rings. The van der Waals surface area contributed by atoms with Crippen molar-refractivity contribution in [3.8, 4) is 11.3 Å². The molecule has 0 saturated carbocycles. The second-order valence-corrected chi connectivity index (χ2v) is 3.22. The second-order valence-electron chi connectivity index (χ2n) is 3.22. The van der Waals surface area contributed by atoms with Crippen molar-refractivity contribution in [1.82, 2.24) is 9.55 Å². The molecule has 3 nitrogen and oxygen atoms in total. The van der Waals surface area contributed by atoms with Crippen LogP contribution in [0.1, 0.15) is 5.82 Å². The zero-order chi connectivity index (χ0) is 9.97. The first kappa shape index (κ1) is 8.97. The summed E-state index contributed by atoms with van der Waals surface area (Å²) in [4.78, 5) is 4.44. The summed E-state index contributed by atoms with van der Waals surface area (Å²) in [6.07, 6.45) is 2.00. The first-order chi connectivity index (χ1) is 6.81. The maximum atomic E-state index is 5.56. The van der Waals surface area contributed by atoms with Gasteiger partial charge >= 0.3 is 0 Å². The largest absolute Gasteiger partial charge is 0.336 e. The van der Waals surface area contributed by atoms with E-state index in [1.165, 1.54) is 0 Å². The van der Waals surface area contributed by atoms with Crippen molar-refractivity contribution in [1.29, 1.82) is 0 Å². The van der Waals surface area contributed by atoms with Crippen molar-refractivity contribution in [3.63, 3.8) is 0 Å². The SMILES string of the molecule is Cn1cc(-c2ccccc2)nc1CN. The van der Waals surface area contributed by atoms with Crippen LogP contribution >= 0.6 is 0 Å². The summed E-state index contributed by atoms with van der Waals surface area (Å²) in [5, 5.41) is 0. The van der Waals surface area contributed by atoms with Gasteiger partial charge in [0, 0.05) is 18.8 Å². The fourth-order valence-corrected chi connectivity index (χ4v) is 1.44. The number of nitrogens with zero attached hydrogens (tertiary/aromatic N) is 2. The van der Waals surface area contributed by atoms with Gasteiger partial charge in [0.05, 0.1) is 12.2 Å². The van der Waals surface area contributed by atoms with Gasteiger partial charge < -0.3 is 10.3 Å². The summed E-state index contributed by atoms with van der Waals surface area (Å²) in [6, 6.07) is 10.1. The summed E-state index contributed by atoms with van der Waals surface area (Å²) in [7, 11) is 1.96. The molecule has 0 radical (unpaired) electrons. The molecule has 1 aromatic heterocycles. The average Bonchev–Trinajstić information content (AvgIpc) is 2.61. The molecule has 0 atom stereocenters. The highest BCUT2D eigenvalue weighted by Crippen LogP contribution is 2.17. The van der Waals surface area contributed by atoms with Crippen molar-refractivity contribution < 1.29 is 0 Å². The topological polar surface area (TPSA) is 43.8 Å². The molecule has 0 amide bonds. The van der Waals surface area contributed by atoms with Crippen LogP contribution in [0.3, 0.4) is 0 Å². The highest BCUT2D eigenvalue weighted by Gasteiger charge is 2.04. The molecule has 3 heteroatoms. The average molecular weight is 187 g/mol. The Kier molecular flexibility index (Phi) is 2.33. The number of nitrogens with two attached hydrogens (primary N) is 1. The van der Waals surface area contributed by atoms with Crippen molar-refractivity contribution in [2.45, 2.75) is 6.54 Å². The van der Waals surface area contributed by atoms with Crippen molar-refractivity contribution in [2.75, 3.05) is 0 Å². The maximum absolute atomic E-state index is 5.56. The van der Waals surface area contributed by atoms with Crippen LogP contribution in [-0.2, 0) is 13.6 Å². The quantitative estimate of drug-likeness (QED) is 0.775. The van der Waals surface area contributed by atoms with E-state index in [-0.39, 0.29) is 0 Å². The fraction of sp³-hybridized carbons (Fsp3) is 0.182. The first-order valence-electron chi connectivity index (χ1n) is 4.59. The fourth-order valence-electron chi connectivity index (χ4n) is 1.44. The van der Waals surface area contributed by atoms with Gasteiger partial charge in [-0.2, -0.15) is 0 Å². The Labute approximate surface area is 83.2 Å². The zero-order valence-electron chi connectivity index (χ0n) is 8.14. The lowest BCUT2D eigenvalue weighted by molar-refractivity contribution is 0.794. The van der Waals surface area contributed by atoms with E-state index < -0.39 is 0 Å². The van der Waals surface area contributed by atoms with Gasteiger partial charge in [0.25, 0.3) is 0 Å². The van der Waals surface area contributed by atoms with E-state index in [1.807, 2.05) is 48.1 Å². The lowest BCUT2D eigenvalue weighted by Gasteiger charge is -1.93. The molecule has 0 fully saturated rings. The first-order valence-corrected chi connectivity index (χ1v) is 4.59. The monoisotopic (exact) mass is 187 g/mol. The van der Waals surface area contributed by atoms with Crippen LogP contribution in [-0.4, -0.2) is 9.55 Å². The van der Waals surface area contributed by atoms with E-state index in [2.05, 4.69) is 4.98 Å². The van der Waals surface area contributed by atoms with Gasteiger partial charge in [0.2, 0.25) is 0 Å². The van der Waals surface area contributed by atoms with Gasteiger partial charge in [-0.25, -0.2) is 4.98 Å². The van der Waals surface area contributed by atoms with Gasteiger partial charge in [-0.3, -0.25) is 0 Å². The standard InChI is InChI=1S/C11H13N3/c1-14-8-10(13-11(14)7-12)9-5-3-2-4-6-9/h2-6,8H,7,12H2,1H3. The summed E-state index contributed by atoms with van der Waals surface area (Å²) < 4.78 is 1.96. The van der Waals surface area contributed by atoms with Gasteiger partial charge in [0.15, 0.2) is 0 Å². The van der Waals surface area contributed by atoms with Gasteiger partial charge in [0.1, 0.15) is 5.82 Å². The van der Waals surface area contributed by atoms with Crippen LogP contribution in [0.15, 0.2) is 36.5 Å². The Balaban J connectivity index is 2.43. The van der Waals surface area contributed by atoms with E-state index in [1.54, 1.807) is 0 Å². The molecule has 2 aromatic rings. The minimum atomic E-state index is 0.476. The van der Waals surface area contributed by atoms with E-state index in [4.69, 9.17) is 5.73 Å². The third-order valence-electron chi connectivity index (χ3n) is 2.22. The normalized spacial score (nSPS) is 10.4. The molecule has 0 aliphatic heterocycles. The van der Waals surface area contributed by atoms with Crippen LogP contribution in [0.4, 0.5) is 0 Å². The Morgan fingerprint density at radius 3 is 2.57 bits per heavy atom. The van der Waals surface area contributed by atoms with Gasteiger partial charge in [-0.05, 0) is 0 Å². The Morgan fingerprint density at radius 2 is 2.00 bits per heavy atom. The van der Waals surface area contributed by atoms with Gasteiger partial charge in [-0.1, -0.05) is 30.3 Å². The Hall–Kier alpha value is -1.61. The van der Waals surface area contributed by atoms with Crippen LogP contribution in [0, 0.1) is 0 Å². The number of hydrogen-bond acceptors (Lipinski definition) is 2. The molecule has 1 aromatic carbocycles. The highest BCUT2D eigenvalue weighted by atomic mass is 15.1. The Bertz CT molecular complexity index is 417. The van der Waals surface area contributed by atoms with Crippen LogP contribution < -0.4 is 5.73 Å². The molecule has 2 N–H and O–H groups in total. The molecule has 0 unspecified atom stereocenters. The zero-order valence-corrected chi connectivity index (χ0v) is 8.14. The summed E-state index contributed by atoms with van der Waals surface area (Å²) >= 11 is 0. The van der Waals surface area contributed by atoms with Crippen LogP contribution in [0.5, 0.6) is 0 Å². The van der Waals surface area contributed by atoms with Crippen molar-refractivity contribution in [3.05, 3.63) is 42.4 Å². The summed E-state index contributed by atoms with van der Waals surface area (Å²) in [6.45, 7) is 0.476. The van der Waals surface area contributed by atoms with E-state index >= 15 is 0 Å². The molecule has 14 heavy (non-hydrogen) atoms. The van der Waals surface area contributed by atoms with E-state index in [0.29, 0.717) is 6.54 Å². The molecule has 1 heterocycles. The summed E-state index contributed by atoms with van der Waals surface area (Å²) in [5.74, 6) is 0.906. The number of benzene rings is 1. The third kappa shape index (κ3) is 1.54. The second kappa shape index (κ2) is 3.64. The van der Waals surface area contributed by atoms with Crippen molar-refractivity contribution >= 4 is 0 Å². The molecule has 0 bridgehead atoms. The lowest BCUT2D eigenvalue weighted by Crippen LogP contribution is -2.03. The molecule has 0 saturated heterocycles. The number of imidazole rings is 1. The predicted octanol–water partition coefficient (Wildman–Crippen LogP) is 1.55. The third-order valence-corrected chi connectivity index (χ3v) is 2.22. The van der Waals surface area contributed by atoms with E-state index in [9.17, 15) is 0 Å². The van der Waals surface area contributed by atoms with Gasteiger partial charge in [-0.15, -0.1) is 0 Å². The molecule has 0 spiro atoms. The number of aryl methyl sites for hydroxylation is 1. The molecular formula is C11H13N3. The Morgan fingerprint density at radius 1 is 1.29 bits per heavy atom. The molecule has 72 valence electrons. The highest BCUT2D eigenvalue weighted by molar-refractivity contribution is 5.58. The minimum Gasteiger partial charge on any atom is -0.336 e. The number of aromatic nitrogens is 2. The smallest absolute Gasteiger partial charge is 0.122 e. The van der Waals surface area contributed by atoms with Crippen LogP contribution in [0.2, 0.25) is 0 Å². The maximum Gasteiger partial charge on any atom is 0.122 e. The number of hydrogen-bond donors (Lipinski definition) is 1. The predicted molar refractivity (Wildman–Crippen MR) is 56.5 cm³/mol. The van der Waals surface area contributed by atoms with E-state index in [0.717, 1.165) is 17.1 Å². The molecular weight excluding hydrogens is 174 g/mol. The molecule has 0 aliphatic carbocycles. The molecule has 2 rings (SSSR count). The summed E-state index contributed by atoms with van der Waals surface area (Å²) in [5.41, 5.74) is 7.67. The van der Waals surface area contributed by atoms with Crippen LogP contribution in [0.25, 0.3) is 11.3 Å². The minimum absolute atomic E-state index is 0.476.